The third-order valence-corrected chi connectivity index (χ3v) is 3.80. The van der Waals surface area contributed by atoms with Crippen molar-refractivity contribution in [3.63, 3.8) is 0 Å². The highest BCUT2D eigenvalue weighted by atomic mass is 32.1. The molecule has 2 aromatic rings. The van der Waals surface area contributed by atoms with Gasteiger partial charge in [-0.2, -0.15) is 11.3 Å². The summed E-state index contributed by atoms with van der Waals surface area (Å²) in [7, 11) is 0. The Morgan fingerprint density at radius 1 is 1.20 bits per heavy atom. The van der Waals surface area contributed by atoms with Crippen LogP contribution >= 0.6 is 11.3 Å². The van der Waals surface area contributed by atoms with Gasteiger partial charge >= 0.3 is 0 Å². The third kappa shape index (κ3) is 4.36. The SMILES string of the molecule is Cc1cccc(CNC(C)(C)C)c1OCc1ccsc1. The molecule has 0 saturated heterocycles. The van der Waals surface area contributed by atoms with Crippen LogP contribution < -0.4 is 10.1 Å². The lowest BCUT2D eigenvalue weighted by Gasteiger charge is -2.22. The Morgan fingerprint density at radius 3 is 2.65 bits per heavy atom. The molecule has 0 aliphatic carbocycles. The lowest BCUT2D eigenvalue weighted by molar-refractivity contribution is 0.298. The molecule has 0 saturated carbocycles. The molecule has 108 valence electrons. The number of benzene rings is 1. The molecule has 2 rings (SSSR count). The van der Waals surface area contributed by atoms with Gasteiger partial charge in [-0.05, 0) is 55.6 Å². The molecule has 1 N–H and O–H groups in total. The van der Waals surface area contributed by atoms with E-state index in [9.17, 15) is 0 Å². The van der Waals surface area contributed by atoms with Crippen LogP contribution in [0.25, 0.3) is 0 Å². The van der Waals surface area contributed by atoms with Crippen LogP contribution in [-0.2, 0) is 13.2 Å². The van der Waals surface area contributed by atoms with E-state index in [1.54, 1.807) is 11.3 Å². The standard InChI is InChI=1S/C17H23NOS/c1-13-6-5-7-15(10-18-17(2,3)4)16(13)19-11-14-8-9-20-12-14/h5-9,12,18H,10-11H2,1-4H3. The molecule has 0 fully saturated rings. The summed E-state index contributed by atoms with van der Waals surface area (Å²) in [5.74, 6) is 1.01. The zero-order chi connectivity index (χ0) is 14.6. The summed E-state index contributed by atoms with van der Waals surface area (Å²) in [4.78, 5) is 0. The first-order chi connectivity index (χ1) is 9.46. The molecular weight excluding hydrogens is 266 g/mol. The number of ether oxygens (including phenoxy) is 1. The van der Waals surface area contributed by atoms with Crippen molar-refractivity contribution in [3.8, 4) is 5.75 Å². The molecule has 0 aliphatic rings. The largest absolute Gasteiger partial charge is 0.488 e. The van der Waals surface area contributed by atoms with Crippen LogP contribution in [0, 0.1) is 6.92 Å². The van der Waals surface area contributed by atoms with E-state index in [1.807, 2.05) is 0 Å². The van der Waals surface area contributed by atoms with Gasteiger partial charge in [0.1, 0.15) is 12.4 Å². The van der Waals surface area contributed by atoms with E-state index in [2.05, 4.69) is 68.0 Å². The minimum absolute atomic E-state index is 0.106. The van der Waals surface area contributed by atoms with Gasteiger partial charge in [0.2, 0.25) is 0 Å². The number of aryl methyl sites for hydroxylation is 1. The monoisotopic (exact) mass is 289 g/mol. The Balaban J connectivity index is 2.09. The summed E-state index contributed by atoms with van der Waals surface area (Å²) in [6, 6.07) is 8.43. The first-order valence-electron chi connectivity index (χ1n) is 6.93. The summed E-state index contributed by atoms with van der Waals surface area (Å²) >= 11 is 1.70. The third-order valence-electron chi connectivity index (χ3n) is 3.07. The molecule has 1 aromatic heterocycles. The summed E-state index contributed by atoms with van der Waals surface area (Å²) in [6.45, 7) is 10.1. The maximum atomic E-state index is 6.04. The molecule has 0 bridgehead atoms. The van der Waals surface area contributed by atoms with Crippen molar-refractivity contribution in [3.05, 3.63) is 51.7 Å². The molecule has 0 aliphatic heterocycles. The predicted octanol–water partition coefficient (Wildman–Crippen LogP) is 4.52. The lowest BCUT2D eigenvalue weighted by atomic mass is 10.1. The molecule has 20 heavy (non-hydrogen) atoms. The average Bonchev–Trinajstić information content (AvgIpc) is 2.87. The first-order valence-corrected chi connectivity index (χ1v) is 7.87. The molecule has 0 amide bonds. The second-order valence-corrected chi connectivity index (χ2v) is 6.87. The molecular formula is C17H23NOS. The topological polar surface area (TPSA) is 21.3 Å². The van der Waals surface area contributed by atoms with Crippen LogP contribution in [0.1, 0.15) is 37.5 Å². The van der Waals surface area contributed by atoms with Crippen molar-refractivity contribution < 1.29 is 4.74 Å². The summed E-state index contributed by atoms with van der Waals surface area (Å²) in [5.41, 5.74) is 3.74. The van der Waals surface area contributed by atoms with Crippen molar-refractivity contribution in [2.24, 2.45) is 0 Å². The van der Waals surface area contributed by atoms with Crippen LogP contribution in [0.15, 0.2) is 35.0 Å². The fourth-order valence-corrected chi connectivity index (χ4v) is 2.60. The lowest BCUT2D eigenvalue weighted by Crippen LogP contribution is -2.35. The number of para-hydroxylation sites is 1. The zero-order valence-electron chi connectivity index (χ0n) is 12.7. The van der Waals surface area contributed by atoms with Crippen molar-refractivity contribution >= 4 is 11.3 Å². The molecule has 0 radical (unpaired) electrons. The second-order valence-electron chi connectivity index (χ2n) is 6.09. The van der Waals surface area contributed by atoms with Gasteiger partial charge in [0, 0.05) is 17.6 Å². The Bertz CT molecular complexity index is 541. The van der Waals surface area contributed by atoms with Gasteiger partial charge < -0.3 is 10.1 Å². The van der Waals surface area contributed by atoms with E-state index in [0.717, 1.165) is 12.3 Å². The molecule has 2 nitrogen and oxygen atoms in total. The number of hydrogen-bond acceptors (Lipinski definition) is 3. The highest BCUT2D eigenvalue weighted by Gasteiger charge is 2.12. The van der Waals surface area contributed by atoms with E-state index in [-0.39, 0.29) is 5.54 Å². The van der Waals surface area contributed by atoms with Crippen LogP contribution in [0.2, 0.25) is 0 Å². The van der Waals surface area contributed by atoms with E-state index < -0.39 is 0 Å². The van der Waals surface area contributed by atoms with Crippen molar-refractivity contribution in [1.82, 2.24) is 5.32 Å². The maximum absolute atomic E-state index is 6.04. The summed E-state index contributed by atoms with van der Waals surface area (Å²) in [6.07, 6.45) is 0. The number of nitrogens with one attached hydrogen (secondary N) is 1. The van der Waals surface area contributed by atoms with Gasteiger partial charge in [0.05, 0.1) is 0 Å². The summed E-state index contributed by atoms with van der Waals surface area (Å²) in [5, 5.41) is 7.73. The average molecular weight is 289 g/mol. The number of hydrogen-bond donors (Lipinski definition) is 1. The molecule has 1 heterocycles. The van der Waals surface area contributed by atoms with Crippen LogP contribution in [0.4, 0.5) is 0 Å². The van der Waals surface area contributed by atoms with Crippen LogP contribution in [0.3, 0.4) is 0 Å². The van der Waals surface area contributed by atoms with Gasteiger partial charge in [-0.1, -0.05) is 18.2 Å². The van der Waals surface area contributed by atoms with Crippen molar-refractivity contribution in [2.75, 3.05) is 0 Å². The highest BCUT2D eigenvalue weighted by molar-refractivity contribution is 7.07. The highest BCUT2D eigenvalue weighted by Crippen LogP contribution is 2.25. The van der Waals surface area contributed by atoms with Gasteiger partial charge in [-0.25, -0.2) is 0 Å². The normalized spacial score (nSPS) is 11.6. The minimum Gasteiger partial charge on any atom is -0.488 e. The molecule has 0 atom stereocenters. The quantitative estimate of drug-likeness (QED) is 0.873. The van der Waals surface area contributed by atoms with Gasteiger partial charge in [0.15, 0.2) is 0 Å². The Hall–Kier alpha value is -1.32. The minimum atomic E-state index is 0.106. The van der Waals surface area contributed by atoms with E-state index in [4.69, 9.17) is 4.74 Å². The number of thiophene rings is 1. The van der Waals surface area contributed by atoms with Gasteiger partial charge in [-0.15, -0.1) is 0 Å². The predicted molar refractivity (Wildman–Crippen MR) is 86.4 cm³/mol. The second kappa shape index (κ2) is 6.42. The van der Waals surface area contributed by atoms with Crippen molar-refractivity contribution in [1.29, 1.82) is 0 Å². The molecule has 3 heteroatoms. The molecule has 0 spiro atoms. The van der Waals surface area contributed by atoms with Crippen LogP contribution in [-0.4, -0.2) is 5.54 Å². The van der Waals surface area contributed by atoms with Gasteiger partial charge in [0.25, 0.3) is 0 Å². The maximum Gasteiger partial charge on any atom is 0.127 e. The van der Waals surface area contributed by atoms with Crippen molar-refractivity contribution in [2.45, 2.75) is 46.4 Å². The van der Waals surface area contributed by atoms with E-state index in [1.165, 1.54) is 16.7 Å². The molecule has 1 aromatic carbocycles. The van der Waals surface area contributed by atoms with E-state index in [0.29, 0.717) is 6.61 Å². The Morgan fingerprint density at radius 2 is 2.00 bits per heavy atom. The number of rotatable bonds is 5. The Kier molecular flexibility index (Phi) is 4.84. The fraction of sp³-hybridized carbons (Fsp3) is 0.412. The molecule has 0 unspecified atom stereocenters. The van der Waals surface area contributed by atoms with Crippen LogP contribution in [0.5, 0.6) is 5.75 Å². The Labute approximate surface area is 125 Å². The summed E-state index contributed by atoms with van der Waals surface area (Å²) < 4.78 is 6.04. The van der Waals surface area contributed by atoms with E-state index >= 15 is 0 Å². The van der Waals surface area contributed by atoms with Gasteiger partial charge in [-0.3, -0.25) is 0 Å². The fourth-order valence-electron chi connectivity index (χ4n) is 1.95. The zero-order valence-corrected chi connectivity index (χ0v) is 13.5. The smallest absolute Gasteiger partial charge is 0.127 e. The first kappa shape index (κ1) is 15.1.